The average Bonchev–Trinajstić information content (AvgIpc) is 1.99. The number of carbonyl (C=O) groups is 1. The van der Waals surface area contributed by atoms with Gasteiger partial charge in [0.15, 0.2) is 0 Å². The monoisotopic (exact) mass is 222 g/mol. The highest BCUT2D eigenvalue weighted by Crippen LogP contribution is 2.39. The second-order valence-electron chi connectivity index (χ2n) is 2.44. The van der Waals surface area contributed by atoms with Crippen LogP contribution < -0.4 is 0 Å². The third-order valence-corrected chi connectivity index (χ3v) is 1.84. The Bertz CT molecular complexity index is 291. The maximum Gasteiger partial charge on any atom is 0.470 e. The lowest BCUT2D eigenvalue weighted by atomic mass is 10.1. The zero-order valence-electron chi connectivity index (χ0n) is 7.29. The second-order valence-corrected chi connectivity index (χ2v) is 3.63. The van der Waals surface area contributed by atoms with Crippen molar-refractivity contribution in [2.75, 3.05) is 0 Å². The second kappa shape index (κ2) is 5.07. The summed E-state index contributed by atoms with van der Waals surface area (Å²) in [5.41, 5.74) is -0.423. The Kier molecular flexibility index (Phi) is 4.73. The molecule has 0 rings (SSSR count). The molecule has 0 saturated carbocycles. The third-order valence-electron chi connectivity index (χ3n) is 1.31. The van der Waals surface area contributed by atoms with Gasteiger partial charge in [0.2, 0.25) is 0 Å². The number of aliphatic carboxylic acids is 1. The first-order valence-electron chi connectivity index (χ1n) is 3.55. The Morgan fingerprint density at radius 1 is 1.57 bits per heavy atom. The topological polar surface area (TPSA) is 104 Å². The van der Waals surface area contributed by atoms with Crippen molar-refractivity contribution in [1.29, 1.82) is 0 Å². The smallest absolute Gasteiger partial charge is 0.470 e. The maximum absolute atomic E-state index is 10.4. The van der Waals surface area contributed by atoms with Crippen LogP contribution >= 0.6 is 7.82 Å². The fraction of sp³-hybridized carbons (Fsp3) is 0.286. The Balaban J connectivity index is 4.60. The lowest BCUT2D eigenvalue weighted by Crippen LogP contribution is -2.19. The molecule has 80 valence electrons. The van der Waals surface area contributed by atoms with Crippen molar-refractivity contribution < 1.29 is 28.8 Å². The first-order chi connectivity index (χ1) is 6.28. The highest BCUT2D eigenvalue weighted by molar-refractivity contribution is 7.46. The number of phosphoric acid groups is 1. The molecule has 0 heterocycles. The summed E-state index contributed by atoms with van der Waals surface area (Å²) in [7, 11) is -4.72. The molecule has 0 saturated heterocycles. The highest BCUT2D eigenvalue weighted by Gasteiger charge is 2.26. The molecule has 0 amide bonds. The van der Waals surface area contributed by atoms with Gasteiger partial charge >= 0.3 is 13.8 Å². The van der Waals surface area contributed by atoms with Gasteiger partial charge in [-0.25, -0.2) is 9.36 Å². The van der Waals surface area contributed by atoms with E-state index in [0.29, 0.717) is 0 Å². The van der Waals surface area contributed by atoms with Gasteiger partial charge in [0, 0.05) is 0 Å². The molecule has 0 aliphatic rings. The van der Waals surface area contributed by atoms with Crippen LogP contribution in [0.3, 0.4) is 0 Å². The zero-order valence-corrected chi connectivity index (χ0v) is 8.18. The van der Waals surface area contributed by atoms with E-state index in [1.807, 2.05) is 0 Å². The summed E-state index contributed by atoms with van der Waals surface area (Å²) in [6.07, 6.45) is -0.00383. The van der Waals surface area contributed by atoms with E-state index in [-0.39, 0.29) is 6.42 Å². The molecule has 1 atom stereocenters. The van der Waals surface area contributed by atoms with E-state index in [1.165, 1.54) is 6.08 Å². The fourth-order valence-electron chi connectivity index (χ4n) is 0.704. The van der Waals surface area contributed by atoms with Gasteiger partial charge in [-0.05, 0) is 6.42 Å². The molecule has 0 spiro atoms. The van der Waals surface area contributed by atoms with Gasteiger partial charge in [-0.1, -0.05) is 12.7 Å². The van der Waals surface area contributed by atoms with Gasteiger partial charge < -0.3 is 14.9 Å². The number of carboxylic acid groups (broad SMARTS) is 1. The number of rotatable bonds is 6. The van der Waals surface area contributed by atoms with Gasteiger partial charge in [0.05, 0.1) is 5.57 Å². The highest BCUT2D eigenvalue weighted by atomic mass is 31.2. The van der Waals surface area contributed by atoms with Crippen molar-refractivity contribution in [3.8, 4) is 0 Å². The molecule has 0 aromatic rings. The minimum Gasteiger partial charge on any atom is -0.478 e. The zero-order chi connectivity index (χ0) is 11.4. The Labute approximate surface area is 80.8 Å². The van der Waals surface area contributed by atoms with E-state index >= 15 is 0 Å². The Morgan fingerprint density at radius 3 is 2.36 bits per heavy atom. The summed E-state index contributed by atoms with van der Waals surface area (Å²) < 4.78 is 14.7. The molecule has 3 N–H and O–H groups in total. The van der Waals surface area contributed by atoms with Crippen LogP contribution in [-0.2, 0) is 13.9 Å². The molecule has 0 aliphatic heterocycles. The van der Waals surface area contributed by atoms with E-state index < -0.39 is 25.5 Å². The van der Waals surface area contributed by atoms with Crippen molar-refractivity contribution in [1.82, 2.24) is 0 Å². The van der Waals surface area contributed by atoms with Crippen LogP contribution in [0.2, 0.25) is 0 Å². The molecule has 1 unspecified atom stereocenters. The van der Waals surface area contributed by atoms with E-state index in [4.69, 9.17) is 14.9 Å². The van der Waals surface area contributed by atoms with E-state index in [1.54, 1.807) is 0 Å². The normalized spacial score (nSPS) is 13.3. The number of hydrogen-bond acceptors (Lipinski definition) is 3. The minimum atomic E-state index is -4.72. The molecule has 14 heavy (non-hydrogen) atoms. The summed E-state index contributed by atoms with van der Waals surface area (Å²) in [6.45, 7) is 6.45. The quantitative estimate of drug-likeness (QED) is 0.347. The molecular weight excluding hydrogens is 211 g/mol. The Hall–Kier alpha value is -0.940. The fourth-order valence-corrected chi connectivity index (χ4v) is 1.25. The number of phosphoric ester groups is 1. The predicted octanol–water partition coefficient (Wildman–Crippen LogP) is 0.681. The molecule has 0 aromatic heterocycles. The van der Waals surface area contributed by atoms with Crippen molar-refractivity contribution in [3.63, 3.8) is 0 Å². The predicted molar refractivity (Wildman–Crippen MR) is 48.5 cm³/mol. The molecule has 0 radical (unpaired) electrons. The van der Waals surface area contributed by atoms with Crippen LogP contribution in [0, 0.1) is 0 Å². The van der Waals surface area contributed by atoms with Crippen molar-refractivity contribution in [3.05, 3.63) is 24.8 Å². The summed E-state index contributed by atoms with van der Waals surface area (Å²) in [6, 6.07) is 0. The van der Waals surface area contributed by atoms with Gasteiger partial charge in [0.1, 0.15) is 6.10 Å². The standard InChI is InChI=1S/C7H11O6P/c1-3-4-6(5(2)7(8)9)13-14(10,11)12/h3,6H,1-2,4H2,(H,8,9)(H2,10,11,12). The number of hydrogen-bond donors (Lipinski definition) is 3. The molecular formula is C7H11O6P. The summed E-state index contributed by atoms with van der Waals surface area (Å²) in [5, 5.41) is 8.51. The number of carboxylic acids is 1. The van der Waals surface area contributed by atoms with Crippen molar-refractivity contribution >= 4 is 13.8 Å². The van der Waals surface area contributed by atoms with E-state index in [9.17, 15) is 9.36 Å². The minimum absolute atomic E-state index is 0.0315. The van der Waals surface area contributed by atoms with Gasteiger partial charge in [-0.2, -0.15) is 0 Å². The molecule has 0 aromatic carbocycles. The first kappa shape index (κ1) is 13.1. The molecule has 6 nitrogen and oxygen atoms in total. The van der Waals surface area contributed by atoms with Crippen LogP contribution in [-0.4, -0.2) is 27.0 Å². The van der Waals surface area contributed by atoms with Crippen LogP contribution in [0.1, 0.15) is 6.42 Å². The maximum atomic E-state index is 10.4. The summed E-state index contributed by atoms with van der Waals surface area (Å²) >= 11 is 0. The SMILES string of the molecule is C=CCC(OP(=O)(O)O)C(=C)C(=O)O. The van der Waals surface area contributed by atoms with Crippen LogP contribution in [0.5, 0.6) is 0 Å². The third kappa shape index (κ3) is 4.94. The summed E-state index contributed by atoms with van der Waals surface area (Å²) in [5.74, 6) is -1.37. The molecule has 7 heteroatoms. The van der Waals surface area contributed by atoms with Gasteiger partial charge in [-0.3, -0.25) is 4.52 Å². The van der Waals surface area contributed by atoms with Crippen LogP contribution in [0.15, 0.2) is 24.8 Å². The molecule has 0 aliphatic carbocycles. The molecule has 0 fully saturated rings. The van der Waals surface area contributed by atoms with Crippen LogP contribution in [0.4, 0.5) is 0 Å². The van der Waals surface area contributed by atoms with Crippen molar-refractivity contribution in [2.45, 2.75) is 12.5 Å². The summed E-state index contributed by atoms with van der Waals surface area (Å²) in [4.78, 5) is 27.4. The van der Waals surface area contributed by atoms with E-state index in [2.05, 4.69) is 17.7 Å². The average molecular weight is 222 g/mol. The molecule has 0 bridgehead atoms. The van der Waals surface area contributed by atoms with Crippen molar-refractivity contribution in [2.24, 2.45) is 0 Å². The largest absolute Gasteiger partial charge is 0.478 e. The lowest BCUT2D eigenvalue weighted by Gasteiger charge is -2.16. The lowest BCUT2D eigenvalue weighted by molar-refractivity contribution is -0.133. The van der Waals surface area contributed by atoms with Gasteiger partial charge in [0.25, 0.3) is 0 Å². The van der Waals surface area contributed by atoms with Gasteiger partial charge in [-0.15, -0.1) is 6.58 Å². The van der Waals surface area contributed by atoms with Crippen LogP contribution in [0.25, 0.3) is 0 Å². The first-order valence-corrected chi connectivity index (χ1v) is 5.08. The Morgan fingerprint density at radius 2 is 2.07 bits per heavy atom. The van der Waals surface area contributed by atoms with E-state index in [0.717, 1.165) is 0 Å².